The van der Waals surface area contributed by atoms with Crippen LogP contribution in [-0.4, -0.2) is 24.0 Å². The number of nitrogens with one attached hydrogen (secondary N) is 1. The molecule has 0 fully saturated rings. The SMILES string of the molecule is CCc1nn(C)cc1NCc1cc(OC)c(OC)cc1Br. The largest absolute Gasteiger partial charge is 0.493 e. The van der Waals surface area contributed by atoms with E-state index in [1.165, 1.54) is 0 Å². The zero-order valence-electron chi connectivity index (χ0n) is 12.7. The standard InChI is InChI=1S/C15H20BrN3O2/c1-5-12-13(9-19(2)18-12)17-8-10-6-14(20-3)15(21-4)7-11(10)16/h6-7,9,17H,5,8H2,1-4H3. The fraction of sp³-hybridized carbons (Fsp3) is 0.400. The van der Waals surface area contributed by atoms with E-state index in [0.717, 1.165) is 33.6 Å². The molecule has 0 aliphatic heterocycles. The van der Waals surface area contributed by atoms with Gasteiger partial charge in [0.15, 0.2) is 11.5 Å². The molecular weight excluding hydrogens is 334 g/mol. The molecule has 0 spiro atoms. The predicted octanol–water partition coefficient (Wildman–Crippen LogP) is 3.37. The molecule has 0 aliphatic carbocycles. The minimum Gasteiger partial charge on any atom is -0.493 e. The minimum atomic E-state index is 0.680. The quantitative estimate of drug-likeness (QED) is 0.864. The van der Waals surface area contributed by atoms with Crippen LogP contribution in [0.5, 0.6) is 11.5 Å². The number of nitrogens with zero attached hydrogens (tertiary/aromatic N) is 2. The van der Waals surface area contributed by atoms with Crippen LogP contribution < -0.4 is 14.8 Å². The summed E-state index contributed by atoms with van der Waals surface area (Å²) < 4.78 is 13.4. The number of benzene rings is 1. The van der Waals surface area contributed by atoms with Crippen molar-refractivity contribution in [1.29, 1.82) is 0 Å². The molecule has 0 bridgehead atoms. The van der Waals surface area contributed by atoms with E-state index in [1.54, 1.807) is 14.2 Å². The van der Waals surface area contributed by atoms with Crippen molar-refractivity contribution in [2.24, 2.45) is 7.05 Å². The topological polar surface area (TPSA) is 48.3 Å². The molecule has 0 radical (unpaired) electrons. The van der Waals surface area contributed by atoms with Crippen LogP contribution in [0.25, 0.3) is 0 Å². The third-order valence-electron chi connectivity index (χ3n) is 3.26. The van der Waals surface area contributed by atoms with Crippen molar-refractivity contribution in [3.8, 4) is 11.5 Å². The molecular formula is C15H20BrN3O2. The van der Waals surface area contributed by atoms with Gasteiger partial charge in [-0.3, -0.25) is 4.68 Å². The smallest absolute Gasteiger partial charge is 0.161 e. The molecule has 21 heavy (non-hydrogen) atoms. The molecule has 0 saturated carbocycles. The highest BCUT2D eigenvalue weighted by molar-refractivity contribution is 9.10. The molecule has 114 valence electrons. The highest BCUT2D eigenvalue weighted by Crippen LogP contribution is 2.33. The first-order valence-electron chi connectivity index (χ1n) is 6.75. The molecule has 1 aromatic heterocycles. The van der Waals surface area contributed by atoms with E-state index in [4.69, 9.17) is 9.47 Å². The number of hydrogen-bond acceptors (Lipinski definition) is 4. The third kappa shape index (κ3) is 3.50. The van der Waals surface area contributed by atoms with E-state index in [1.807, 2.05) is 30.1 Å². The average molecular weight is 354 g/mol. The Kier molecular flexibility index (Phi) is 5.12. The van der Waals surface area contributed by atoms with Crippen LogP contribution in [0.1, 0.15) is 18.2 Å². The molecule has 6 heteroatoms. The van der Waals surface area contributed by atoms with Crippen molar-refractivity contribution < 1.29 is 9.47 Å². The minimum absolute atomic E-state index is 0.680. The summed E-state index contributed by atoms with van der Waals surface area (Å²) in [7, 11) is 5.20. The molecule has 0 atom stereocenters. The second kappa shape index (κ2) is 6.85. The molecule has 0 unspecified atom stereocenters. The maximum absolute atomic E-state index is 5.34. The van der Waals surface area contributed by atoms with E-state index >= 15 is 0 Å². The summed E-state index contributed by atoms with van der Waals surface area (Å²) in [6, 6.07) is 3.89. The van der Waals surface area contributed by atoms with Gasteiger partial charge in [-0.1, -0.05) is 22.9 Å². The Labute approximate surface area is 133 Å². The van der Waals surface area contributed by atoms with Crippen molar-refractivity contribution in [2.75, 3.05) is 19.5 Å². The molecule has 0 saturated heterocycles. The molecule has 2 aromatic rings. The zero-order chi connectivity index (χ0) is 15.4. The third-order valence-corrected chi connectivity index (χ3v) is 4.00. The van der Waals surface area contributed by atoms with E-state index in [9.17, 15) is 0 Å². The van der Waals surface area contributed by atoms with E-state index in [2.05, 4.69) is 33.3 Å². The number of hydrogen-bond donors (Lipinski definition) is 1. The lowest BCUT2D eigenvalue weighted by Crippen LogP contribution is -2.03. The van der Waals surface area contributed by atoms with Crippen molar-refractivity contribution in [3.63, 3.8) is 0 Å². The van der Waals surface area contributed by atoms with Crippen molar-refractivity contribution in [3.05, 3.63) is 34.1 Å². The highest BCUT2D eigenvalue weighted by Gasteiger charge is 2.11. The summed E-state index contributed by atoms with van der Waals surface area (Å²) in [4.78, 5) is 0. The van der Waals surface area contributed by atoms with Gasteiger partial charge in [0.2, 0.25) is 0 Å². The Morgan fingerprint density at radius 2 is 1.90 bits per heavy atom. The fourth-order valence-corrected chi connectivity index (χ4v) is 2.63. The summed E-state index contributed by atoms with van der Waals surface area (Å²) in [5.74, 6) is 1.43. The first-order chi connectivity index (χ1) is 10.1. The molecule has 0 amide bonds. The van der Waals surface area contributed by atoms with E-state index in [0.29, 0.717) is 12.3 Å². The zero-order valence-corrected chi connectivity index (χ0v) is 14.3. The lowest BCUT2D eigenvalue weighted by Gasteiger charge is -2.13. The Bertz CT molecular complexity index is 626. The van der Waals surface area contributed by atoms with Crippen molar-refractivity contribution in [2.45, 2.75) is 19.9 Å². The van der Waals surface area contributed by atoms with Gasteiger partial charge >= 0.3 is 0 Å². The van der Waals surface area contributed by atoms with Gasteiger partial charge in [0, 0.05) is 24.3 Å². The number of aromatic nitrogens is 2. The number of anilines is 1. The van der Waals surface area contributed by atoms with Crippen LogP contribution in [0, 0.1) is 0 Å². The number of aryl methyl sites for hydroxylation is 2. The highest BCUT2D eigenvalue weighted by atomic mass is 79.9. The predicted molar refractivity (Wildman–Crippen MR) is 87.2 cm³/mol. The molecule has 2 rings (SSSR count). The van der Waals surface area contributed by atoms with Gasteiger partial charge in [-0.15, -0.1) is 0 Å². The van der Waals surface area contributed by atoms with Gasteiger partial charge in [0.05, 0.1) is 25.6 Å². The first-order valence-corrected chi connectivity index (χ1v) is 7.55. The summed E-state index contributed by atoms with van der Waals surface area (Å²) in [6.07, 6.45) is 2.89. The molecule has 1 heterocycles. The second-order valence-electron chi connectivity index (χ2n) is 4.67. The van der Waals surface area contributed by atoms with E-state index < -0.39 is 0 Å². The molecule has 1 N–H and O–H groups in total. The van der Waals surface area contributed by atoms with Gasteiger partial charge in [0.1, 0.15) is 0 Å². The van der Waals surface area contributed by atoms with E-state index in [-0.39, 0.29) is 0 Å². The Hall–Kier alpha value is -1.69. The number of methoxy groups -OCH3 is 2. The Balaban J connectivity index is 2.19. The second-order valence-corrected chi connectivity index (χ2v) is 5.52. The maximum atomic E-state index is 5.34. The lowest BCUT2D eigenvalue weighted by molar-refractivity contribution is 0.354. The van der Waals surface area contributed by atoms with Gasteiger partial charge in [-0.25, -0.2) is 0 Å². The fourth-order valence-electron chi connectivity index (χ4n) is 2.17. The van der Waals surface area contributed by atoms with Gasteiger partial charge in [-0.2, -0.15) is 5.10 Å². The lowest BCUT2D eigenvalue weighted by atomic mass is 10.2. The van der Waals surface area contributed by atoms with Gasteiger partial charge in [-0.05, 0) is 24.1 Å². The van der Waals surface area contributed by atoms with Gasteiger partial charge in [0.25, 0.3) is 0 Å². The molecule has 1 aromatic carbocycles. The van der Waals surface area contributed by atoms with Crippen LogP contribution in [0.4, 0.5) is 5.69 Å². The van der Waals surface area contributed by atoms with Crippen LogP contribution in [-0.2, 0) is 20.0 Å². The van der Waals surface area contributed by atoms with Crippen molar-refractivity contribution >= 4 is 21.6 Å². The summed E-state index contributed by atoms with van der Waals surface area (Å²) in [5, 5.41) is 7.84. The normalized spacial score (nSPS) is 10.5. The van der Waals surface area contributed by atoms with Gasteiger partial charge < -0.3 is 14.8 Å². The number of halogens is 1. The van der Waals surface area contributed by atoms with Crippen LogP contribution in [0.15, 0.2) is 22.8 Å². The van der Waals surface area contributed by atoms with Crippen molar-refractivity contribution in [1.82, 2.24) is 9.78 Å². The first kappa shape index (κ1) is 15.7. The van der Waals surface area contributed by atoms with Crippen LogP contribution >= 0.6 is 15.9 Å². The summed E-state index contributed by atoms with van der Waals surface area (Å²) in [6.45, 7) is 2.78. The summed E-state index contributed by atoms with van der Waals surface area (Å²) >= 11 is 3.57. The molecule has 5 nitrogen and oxygen atoms in total. The Morgan fingerprint density at radius 1 is 1.24 bits per heavy atom. The van der Waals surface area contributed by atoms with Crippen LogP contribution in [0.2, 0.25) is 0 Å². The van der Waals surface area contributed by atoms with Crippen LogP contribution in [0.3, 0.4) is 0 Å². The monoisotopic (exact) mass is 353 g/mol. The number of rotatable bonds is 6. The number of ether oxygens (including phenoxy) is 2. The maximum Gasteiger partial charge on any atom is 0.161 e. The average Bonchev–Trinajstić information content (AvgIpc) is 2.85. The summed E-state index contributed by atoms with van der Waals surface area (Å²) in [5.41, 5.74) is 3.22. The Morgan fingerprint density at radius 3 is 2.52 bits per heavy atom. The molecule has 0 aliphatic rings.